The van der Waals surface area contributed by atoms with Crippen LogP contribution in [-0.2, 0) is 18.4 Å². The summed E-state index contributed by atoms with van der Waals surface area (Å²) in [6, 6.07) is 0.264. The van der Waals surface area contributed by atoms with Crippen LogP contribution in [0, 0.1) is 19.8 Å². The third kappa shape index (κ3) is 4.62. The predicted molar refractivity (Wildman–Crippen MR) is 108 cm³/mol. The van der Waals surface area contributed by atoms with Crippen molar-refractivity contribution in [3.8, 4) is 0 Å². The zero-order valence-corrected chi connectivity index (χ0v) is 17.2. The van der Waals surface area contributed by atoms with Gasteiger partial charge in [-0.1, -0.05) is 19.3 Å². The summed E-state index contributed by atoms with van der Waals surface area (Å²) in [6.07, 6.45) is 6.81. The zero-order chi connectivity index (χ0) is 19.4. The molecule has 0 radical (unpaired) electrons. The molecule has 1 atom stereocenters. The maximum absolute atomic E-state index is 12.7. The van der Waals surface area contributed by atoms with Crippen LogP contribution >= 0.6 is 0 Å². The number of nitrogens with zero attached hydrogens (tertiary/aromatic N) is 4. The lowest BCUT2D eigenvalue weighted by Crippen LogP contribution is -2.45. The van der Waals surface area contributed by atoms with Crippen LogP contribution in [0.5, 0.6) is 0 Å². The Hall–Kier alpha value is -2.05. The maximum atomic E-state index is 12.7. The number of nitrogens with one attached hydrogen (secondary N) is 2. The molecule has 1 saturated carbocycles. The summed E-state index contributed by atoms with van der Waals surface area (Å²) >= 11 is 0. The fourth-order valence-corrected chi connectivity index (χ4v) is 4.32. The molecule has 1 unspecified atom stereocenters. The van der Waals surface area contributed by atoms with E-state index in [0.717, 1.165) is 44.0 Å². The molecular weight excluding hydrogens is 340 g/mol. The van der Waals surface area contributed by atoms with E-state index < -0.39 is 0 Å². The third-order valence-corrected chi connectivity index (χ3v) is 6.11. The minimum Gasteiger partial charge on any atom is -0.352 e. The Balaban J connectivity index is 1.49. The van der Waals surface area contributed by atoms with Crippen LogP contribution in [0.4, 0.5) is 0 Å². The van der Waals surface area contributed by atoms with Crippen molar-refractivity contribution in [1.29, 1.82) is 0 Å². The largest absolute Gasteiger partial charge is 0.352 e. The monoisotopic (exact) mass is 374 g/mol. The zero-order valence-electron chi connectivity index (χ0n) is 17.2. The Morgan fingerprint density at radius 3 is 2.59 bits per heavy atom. The van der Waals surface area contributed by atoms with Crippen LogP contribution in [0.15, 0.2) is 4.99 Å². The molecule has 0 aromatic carbocycles. The summed E-state index contributed by atoms with van der Waals surface area (Å²) in [6.45, 7) is 6.44. The first-order chi connectivity index (χ1) is 13.0. The van der Waals surface area contributed by atoms with E-state index in [1.54, 1.807) is 7.05 Å². The van der Waals surface area contributed by atoms with Gasteiger partial charge >= 0.3 is 0 Å². The normalized spacial score (nSPS) is 21.6. The van der Waals surface area contributed by atoms with Crippen molar-refractivity contribution in [3.63, 3.8) is 0 Å². The molecule has 7 nitrogen and oxygen atoms in total. The number of carbonyl (C=O) groups is 1. The molecule has 1 saturated heterocycles. The predicted octanol–water partition coefficient (Wildman–Crippen LogP) is 1.88. The Labute approximate surface area is 162 Å². The number of amides is 1. The first kappa shape index (κ1) is 19.7. The van der Waals surface area contributed by atoms with Gasteiger partial charge in [0.2, 0.25) is 5.91 Å². The number of aliphatic imine (C=N–C) groups is 1. The second-order valence-corrected chi connectivity index (χ2v) is 7.95. The topological polar surface area (TPSA) is 74.6 Å². The Morgan fingerprint density at radius 1 is 1.22 bits per heavy atom. The van der Waals surface area contributed by atoms with Crippen LogP contribution in [0.3, 0.4) is 0 Å². The summed E-state index contributed by atoms with van der Waals surface area (Å²) in [5.41, 5.74) is 3.42. The molecule has 2 fully saturated rings. The van der Waals surface area contributed by atoms with Gasteiger partial charge in [0, 0.05) is 56.9 Å². The van der Waals surface area contributed by atoms with Gasteiger partial charge in [0.15, 0.2) is 5.96 Å². The number of carbonyl (C=O) groups excluding carboxylic acids is 1. The van der Waals surface area contributed by atoms with Gasteiger partial charge < -0.3 is 15.5 Å². The van der Waals surface area contributed by atoms with E-state index in [0.29, 0.717) is 12.5 Å². The van der Waals surface area contributed by atoms with E-state index in [-0.39, 0.29) is 12.0 Å². The van der Waals surface area contributed by atoms with Crippen LogP contribution in [0.2, 0.25) is 0 Å². The van der Waals surface area contributed by atoms with Gasteiger partial charge in [0.1, 0.15) is 0 Å². The number of rotatable bonds is 4. The number of likely N-dealkylation sites (tertiary alicyclic amines) is 1. The molecular formula is C20H34N6O. The van der Waals surface area contributed by atoms with Crippen LogP contribution in [-0.4, -0.2) is 52.7 Å². The van der Waals surface area contributed by atoms with E-state index in [4.69, 9.17) is 0 Å². The minimum absolute atomic E-state index is 0.256. The summed E-state index contributed by atoms with van der Waals surface area (Å²) in [5, 5.41) is 11.3. The first-order valence-corrected chi connectivity index (χ1v) is 10.2. The van der Waals surface area contributed by atoms with Gasteiger partial charge in [-0.05, 0) is 33.1 Å². The van der Waals surface area contributed by atoms with Gasteiger partial charge in [0.25, 0.3) is 0 Å². The molecule has 2 N–H and O–H groups in total. The highest BCUT2D eigenvalue weighted by Gasteiger charge is 2.31. The molecule has 0 bridgehead atoms. The molecule has 1 aliphatic carbocycles. The highest BCUT2D eigenvalue weighted by atomic mass is 16.2. The lowest BCUT2D eigenvalue weighted by molar-refractivity contribution is -0.135. The van der Waals surface area contributed by atoms with Crippen molar-refractivity contribution in [2.75, 3.05) is 20.1 Å². The number of aromatic nitrogens is 2. The highest BCUT2D eigenvalue weighted by molar-refractivity contribution is 5.81. The van der Waals surface area contributed by atoms with Crippen molar-refractivity contribution < 1.29 is 4.79 Å². The molecule has 1 aromatic heterocycles. The third-order valence-electron chi connectivity index (χ3n) is 6.11. The summed E-state index contributed by atoms with van der Waals surface area (Å²) in [4.78, 5) is 19.1. The average molecular weight is 375 g/mol. The summed E-state index contributed by atoms with van der Waals surface area (Å²) in [7, 11) is 3.76. The van der Waals surface area contributed by atoms with Crippen molar-refractivity contribution in [3.05, 3.63) is 17.0 Å². The second-order valence-electron chi connectivity index (χ2n) is 7.95. The van der Waals surface area contributed by atoms with Gasteiger partial charge in [-0.25, -0.2) is 0 Å². The average Bonchev–Trinajstić information content (AvgIpc) is 3.24. The molecule has 1 amide bonds. The Morgan fingerprint density at radius 2 is 1.96 bits per heavy atom. The van der Waals surface area contributed by atoms with Crippen molar-refractivity contribution in [2.45, 2.75) is 65.0 Å². The molecule has 150 valence electrons. The van der Waals surface area contributed by atoms with Crippen molar-refractivity contribution in [1.82, 2.24) is 25.3 Å². The number of hydrogen-bond acceptors (Lipinski definition) is 3. The molecule has 27 heavy (non-hydrogen) atoms. The van der Waals surface area contributed by atoms with Gasteiger partial charge in [-0.15, -0.1) is 0 Å². The maximum Gasteiger partial charge on any atom is 0.225 e. The van der Waals surface area contributed by atoms with Crippen LogP contribution in [0.1, 0.15) is 55.5 Å². The summed E-state index contributed by atoms with van der Waals surface area (Å²) in [5.74, 6) is 1.41. The van der Waals surface area contributed by atoms with Crippen molar-refractivity contribution >= 4 is 11.9 Å². The molecule has 2 heterocycles. The molecule has 1 aliphatic heterocycles. The van der Waals surface area contributed by atoms with Crippen molar-refractivity contribution in [2.24, 2.45) is 18.0 Å². The lowest BCUT2D eigenvalue weighted by atomic mass is 9.88. The van der Waals surface area contributed by atoms with Gasteiger partial charge in [-0.3, -0.25) is 14.5 Å². The quantitative estimate of drug-likeness (QED) is 0.623. The van der Waals surface area contributed by atoms with E-state index in [9.17, 15) is 4.79 Å². The van der Waals surface area contributed by atoms with E-state index in [1.165, 1.54) is 30.5 Å². The summed E-state index contributed by atoms with van der Waals surface area (Å²) < 4.78 is 1.91. The molecule has 2 aliphatic rings. The SMILES string of the molecule is CN=C(NCc1c(C)nn(C)c1C)NC1CCN(C(=O)C2CCCCC2)C1. The fraction of sp³-hybridized carbons (Fsp3) is 0.750. The molecule has 1 aromatic rings. The molecule has 7 heteroatoms. The Kier molecular flexibility index (Phi) is 6.39. The van der Waals surface area contributed by atoms with Gasteiger partial charge in [-0.2, -0.15) is 5.10 Å². The smallest absolute Gasteiger partial charge is 0.225 e. The fourth-order valence-electron chi connectivity index (χ4n) is 4.32. The number of hydrogen-bond donors (Lipinski definition) is 2. The second kappa shape index (κ2) is 8.76. The standard InChI is InChI=1S/C20H34N6O/c1-14-18(15(2)25(4)24-14)12-22-20(21-3)23-17-10-11-26(13-17)19(27)16-8-6-5-7-9-16/h16-17H,5-13H2,1-4H3,(H2,21,22,23). The number of aryl methyl sites for hydroxylation is 2. The lowest BCUT2D eigenvalue weighted by Gasteiger charge is -2.26. The minimum atomic E-state index is 0.256. The first-order valence-electron chi connectivity index (χ1n) is 10.2. The van der Waals surface area contributed by atoms with Crippen LogP contribution < -0.4 is 10.6 Å². The van der Waals surface area contributed by atoms with E-state index >= 15 is 0 Å². The highest BCUT2D eigenvalue weighted by Crippen LogP contribution is 2.26. The van der Waals surface area contributed by atoms with Crippen LogP contribution in [0.25, 0.3) is 0 Å². The van der Waals surface area contributed by atoms with E-state index in [2.05, 4.69) is 32.5 Å². The molecule has 3 rings (SSSR count). The van der Waals surface area contributed by atoms with E-state index in [1.807, 2.05) is 18.7 Å². The number of guanidine groups is 1. The molecule has 0 spiro atoms. The Bertz CT molecular complexity index is 689. The van der Waals surface area contributed by atoms with Gasteiger partial charge in [0.05, 0.1) is 5.69 Å².